The molecule has 0 bridgehead atoms. The highest BCUT2D eigenvalue weighted by atomic mass is 35.5. The molecule has 26 heavy (non-hydrogen) atoms. The van der Waals surface area contributed by atoms with Crippen molar-refractivity contribution in [2.75, 3.05) is 13.8 Å². The van der Waals surface area contributed by atoms with E-state index < -0.39 is 6.61 Å². The monoisotopic (exact) mass is 390 g/mol. The summed E-state index contributed by atoms with van der Waals surface area (Å²) in [6, 6.07) is 4.38. The average molecular weight is 391 g/mol. The molecule has 1 aliphatic heterocycles. The number of nitrogens with two attached hydrogens (primary N) is 1. The van der Waals surface area contributed by atoms with Gasteiger partial charge in [-0.1, -0.05) is 0 Å². The van der Waals surface area contributed by atoms with Crippen LogP contribution in [0.25, 0.3) is 0 Å². The highest BCUT2D eigenvalue weighted by Crippen LogP contribution is 2.39. The normalized spacial score (nSPS) is 12.0. The molecule has 1 aromatic carbocycles. The Kier molecular flexibility index (Phi) is 6.27. The van der Waals surface area contributed by atoms with Crippen molar-refractivity contribution in [3.63, 3.8) is 0 Å². The van der Waals surface area contributed by atoms with Gasteiger partial charge in [-0.25, -0.2) is 0 Å². The van der Waals surface area contributed by atoms with E-state index >= 15 is 0 Å². The van der Waals surface area contributed by atoms with Crippen LogP contribution in [0.5, 0.6) is 17.2 Å². The zero-order chi connectivity index (χ0) is 18.0. The van der Waals surface area contributed by atoms with Gasteiger partial charge in [0.2, 0.25) is 6.79 Å². The molecule has 3 rings (SSSR count). The van der Waals surface area contributed by atoms with Gasteiger partial charge in [-0.2, -0.15) is 8.78 Å². The van der Waals surface area contributed by atoms with E-state index in [0.717, 1.165) is 0 Å². The lowest BCUT2D eigenvalue weighted by Crippen LogP contribution is -2.26. The molecule has 0 unspecified atom stereocenters. The second-order valence-corrected chi connectivity index (χ2v) is 5.36. The molecule has 0 radical (unpaired) electrons. The van der Waals surface area contributed by atoms with Gasteiger partial charge >= 0.3 is 6.61 Å². The van der Waals surface area contributed by atoms with Crippen molar-refractivity contribution in [3.05, 3.63) is 41.3 Å². The van der Waals surface area contributed by atoms with Gasteiger partial charge in [0.25, 0.3) is 5.91 Å². The maximum Gasteiger partial charge on any atom is 0.387 e. The first-order valence-electron chi connectivity index (χ1n) is 7.38. The zero-order valence-corrected chi connectivity index (χ0v) is 14.6. The quantitative estimate of drug-likeness (QED) is 0.816. The Bertz CT molecular complexity index is 784. The van der Waals surface area contributed by atoms with E-state index in [1.807, 2.05) is 0 Å². The van der Waals surface area contributed by atoms with E-state index in [-0.39, 0.29) is 43.9 Å². The Hall–Kier alpha value is -2.52. The lowest BCUT2D eigenvalue weighted by molar-refractivity contribution is -0.0507. The fourth-order valence-corrected chi connectivity index (χ4v) is 2.44. The van der Waals surface area contributed by atoms with Gasteiger partial charge in [0.1, 0.15) is 17.8 Å². The maximum absolute atomic E-state index is 12.7. The van der Waals surface area contributed by atoms with Crippen LogP contribution < -0.4 is 19.9 Å². The third-order valence-electron chi connectivity index (χ3n) is 3.63. The van der Waals surface area contributed by atoms with E-state index in [1.54, 1.807) is 0 Å². The van der Waals surface area contributed by atoms with Crippen LogP contribution in [-0.4, -0.2) is 31.3 Å². The number of carbonyl (C=O) groups excluding carboxylic acids is 1. The lowest BCUT2D eigenvalue weighted by atomic mass is 10.1. The van der Waals surface area contributed by atoms with Crippen molar-refractivity contribution < 1.29 is 32.2 Å². The van der Waals surface area contributed by atoms with Crippen LogP contribution in [0.4, 0.5) is 8.78 Å². The molecule has 0 fully saturated rings. The first-order valence-corrected chi connectivity index (χ1v) is 7.38. The minimum atomic E-state index is -3.00. The molecule has 2 heterocycles. The first-order chi connectivity index (χ1) is 12.0. The van der Waals surface area contributed by atoms with Crippen molar-refractivity contribution >= 4 is 18.3 Å². The summed E-state index contributed by atoms with van der Waals surface area (Å²) >= 11 is 0. The molecule has 0 atom stereocenters. The number of rotatable bonds is 6. The molecule has 0 aliphatic carbocycles. The maximum atomic E-state index is 12.7. The summed E-state index contributed by atoms with van der Waals surface area (Å²) in [5, 5.41) is 0. The Morgan fingerprint density at radius 2 is 2.00 bits per heavy atom. The fourth-order valence-electron chi connectivity index (χ4n) is 2.44. The van der Waals surface area contributed by atoms with E-state index in [9.17, 15) is 13.6 Å². The van der Waals surface area contributed by atoms with Crippen LogP contribution in [0.3, 0.4) is 0 Å². The third kappa shape index (κ3) is 4.17. The van der Waals surface area contributed by atoms with Gasteiger partial charge in [-0.05, 0) is 12.1 Å². The summed E-state index contributed by atoms with van der Waals surface area (Å²) in [6.07, 6.45) is 1.30. The minimum absolute atomic E-state index is 0. The molecule has 7 nitrogen and oxygen atoms in total. The van der Waals surface area contributed by atoms with Gasteiger partial charge in [-0.15, -0.1) is 12.4 Å². The van der Waals surface area contributed by atoms with Crippen LogP contribution in [0.2, 0.25) is 0 Å². The zero-order valence-electron chi connectivity index (χ0n) is 13.7. The summed E-state index contributed by atoms with van der Waals surface area (Å²) in [4.78, 5) is 13.8. The van der Waals surface area contributed by atoms with Crippen molar-refractivity contribution in [3.8, 4) is 17.2 Å². The average Bonchev–Trinajstić information content (AvgIpc) is 3.22. The Balaban J connectivity index is 0.00000243. The molecule has 2 aromatic rings. The number of carbonyl (C=O) groups is 1. The van der Waals surface area contributed by atoms with E-state index in [1.165, 1.54) is 36.4 Å². The minimum Gasteiger partial charge on any atom is -0.467 e. The molecule has 0 saturated heterocycles. The largest absolute Gasteiger partial charge is 0.467 e. The number of ether oxygens (including phenoxy) is 3. The lowest BCUT2D eigenvalue weighted by Gasteiger charge is -2.19. The van der Waals surface area contributed by atoms with Crippen molar-refractivity contribution in [2.24, 2.45) is 5.73 Å². The number of halogens is 3. The number of benzene rings is 1. The molecule has 10 heteroatoms. The van der Waals surface area contributed by atoms with Gasteiger partial charge in [0, 0.05) is 25.2 Å². The fraction of sp³-hybridized carbons (Fsp3) is 0.312. The Morgan fingerprint density at radius 1 is 1.31 bits per heavy atom. The van der Waals surface area contributed by atoms with Gasteiger partial charge < -0.3 is 29.3 Å². The van der Waals surface area contributed by atoms with Crippen LogP contribution >= 0.6 is 12.4 Å². The number of alkyl halides is 2. The van der Waals surface area contributed by atoms with Gasteiger partial charge in [-0.3, -0.25) is 4.79 Å². The number of amides is 1. The van der Waals surface area contributed by atoms with Crippen molar-refractivity contribution in [2.45, 2.75) is 19.7 Å². The second kappa shape index (κ2) is 8.24. The molecule has 1 aliphatic rings. The highest BCUT2D eigenvalue weighted by molar-refractivity contribution is 5.93. The van der Waals surface area contributed by atoms with E-state index in [0.29, 0.717) is 28.4 Å². The topological polar surface area (TPSA) is 87.2 Å². The summed E-state index contributed by atoms with van der Waals surface area (Å²) in [6.45, 7) is -2.80. The number of furan rings is 1. The molecular weight excluding hydrogens is 374 g/mol. The van der Waals surface area contributed by atoms with Gasteiger partial charge in [0.15, 0.2) is 11.5 Å². The Morgan fingerprint density at radius 3 is 2.62 bits per heavy atom. The van der Waals surface area contributed by atoms with Crippen LogP contribution in [0.15, 0.2) is 28.9 Å². The summed E-state index contributed by atoms with van der Waals surface area (Å²) < 4.78 is 45.4. The molecule has 2 N–H and O–H groups in total. The van der Waals surface area contributed by atoms with Crippen molar-refractivity contribution in [1.29, 1.82) is 0 Å². The Labute approximate surface area is 154 Å². The summed E-state index contributed by atoms with van der Waals surface area (Å²) in [5.41, 5.74) is 6.13. The SMILES string of the molecule is CN(Cc1cc2c(cc1OC(F)F)OCO2)C(=O)c1coc(CN)c1.Cl. The molecule has 1 aromatic heterocycles. The highest BCUT2D eigenvalue weighted by Gasteiger charge is 2.22. The molecular formula is C16H17ClF2N2O5. The molecule has 1 amide bonds. The smallest absolute Gasteiger partial charge is 0.387 e. The van der Waals surface area contributed by atoms with E-state index in [2.05, 4.69) is 4.74 Å². The predicted molar refractivity (Wildman–Crippen MR) is 88.8 cm³/mol. The molecule has 0 saturated carbocycles. The van der Waals surface area contributed by atoms with Crippen molar-refractivity contribution in [1.82, 2.24) is 4.90 Å². The van der Waals surface area contributed by atoms with Crippen LogP contribution in [0, 0.1) is 0 Å². The van der Waals surface area contributed by atoms with Gasteiger partial charge in [0.05, 0.1) is 12.1 Å². The second-order valence-electron chi connectivity index (χ2n) is 5.36. The summed E-state index contributed by atoms with van der Waals surface area (Å²) in [7, 11) is 1.54. The third-order valence-corrected chi connectivity index (χ3v) is 3.63. The molecule has 142 valence electrons. The van der Waals surface area contributed by atoms with Crippen LogP contribution in [0.1, 0.15) is 21.7 Å². The number of hydrogen-bond donors (Lipinski definition) is 1. The summed E-state index contributed by atoms with van der Waals surface area (Å²) in [5.74, 6) is 0.779. The van der Waals surface area contributed by atoms with Crippen LogP contribution in [-0.2, 0) is 13.1 Å². The number of fused-ring (bicyclic) bond motifs is 1. The number of hydrogen-bond acceptors (Lipinski definition) is 6. The standard InChI is InChI=1S/C16H16F2N2O5.ClH/c1-20(15(21)10-2-11(5-19)22-7-10)6-9-3-13-14(24-8-23-13)4-12(9)25-16(17)18;/h2-4,7,16H,5-6,8,19H2,1H3;1H. The first kappa shape index (κ1) is 19.8. The predicted octanol–water partition coefficient (Wildman–Crippen LogP) is 2.76. The van der Waals surface area contributed by atoms with E-state index in [4.69, 9.17) is 19.6 Å². The molecule has 0 spiro atoms. The number of nitrogens with zero attached hydrogens (tertiary/aromatic N) is 1.